The SMILES string of the molecule is N#Cc1ncccc1Nc1ccc(F)c(F)c1F. The number of pyridine rings is 1. The molecule has 0 fully saturated rings. The van der Waals surface area contributed by atoms with Gasteiger partial charge < -0.3 is 5.32 Å². The third-order valence-electron chi connectivity index (χ3n) is 2.22. The zero-order valence-electron chi connectivity index (χ0n) is 8.92. The van der Waals surface area contributed by atoms with Crippen LogP contribution in [-0.4, -0.2) is 4.98 Å². The molecule has 0 unspecified atom stereocenters. The fourth-order valence-corrected chi connectivity index (χ4v) is 1.36. The smallest absolute Gasteiger partial charge is 0.196 e. The molecule has 1 aromatic heterocycles. The Morgan fingerprint density at radius 1 is 1.06 bits per heavy atom. The van der Waals surface area contributed by atoms with Gasteiger partial charge in [-0.05, 0) is 24.3 Å². The van der Waals surface area contributed by atoms with E-state index in [0.29, 0.717) is 0 Å². The third-order valence-corrected chi connectivity index (χ3v) is 2.22. The molecule has 0 bridgehead atoms. The Morgan fingerprint density at radius 3 is 2.56 bits per heavy atom. The summed E-state index contributed by atoms with van der Waals surface area (Å²) in [5.41, 5.74) is -0.0232. The number of benzene rings is 1. The van der Waals surface area contributed by atoms with Crippen LogP contribution in [0.25, 0.3) is 0 Å². The number of hydrogen-bond acceptors (Lipinski definition) is 3. The summed E-state index contributed by atoms with van der Waals surface area (Å²) < 4.78 is 39.1. The van der Waals surface area contributed by atoms with Crippen LogP contribution in [0.5, 0.6) is 0 Å². The first-order valence-corrected chi connectivity index (χ1v) is 4.89. The number of nitrogens with zero attached hydrogens (tertiary/aromatic N) is 2. The molecule has 0 spiro atoms. The van der Waals surface area contributed by atoms with Gasteiger partial charge in [-0.1, -0.05) is 0 Å². The van der Waals surface area contributed by atoms with Crippen molar-refractivity contribution in [1.82, 2.24) is 4.98 Å². The average Bonchev–Trinajstić information content (AvgIpc) is 2.40. The van der Waals surface area contributed by atoms with E-state index in [9.17, 15) is 13.2 Å². The summed E-state index contributed by atoms with van der Waals surface area (Å²) >= 11 is 0. The molecule has 0 aliphatic heterocycles. The maximum absolute atomic E-state index is 13.4. The lowest BCUT2D eigenvalue weighted by Crippen LogP contribution is -2.01. The van der Waals surface area contributed by atoms with E-state index in [0.717, 1.165) is 12.1 Å². The number of anilines is 2. The fraction of sp³-hybridized carbons (Fsp3) is 0. The molecule has 0 saturated heterocycles. The highest BCUT2D eigenvalue weighted by Gasteiger charge is 2.14. The first-order valence-electron chi connectivity index (χ1n) is 4.89. The molecule has 90 valence electrons. The van der Waals surface area contributed by atoms with E-state index < -0.39 is 17.5 Å². The second-order valence-electron chi connectivity index (χ2n) is 3.36. The minimum absolute atomic E-state index is 0.0293. The Kier molecular flexibility index (Phi) is 3.15. The largest absolute Gasteiger partial charge is 0.351 e. The van der Waals surface area contributed by atoms with Crippen LogP contribution in [-0.2, 0) is 0 Å². The number of nitrogens with one attached hydrogen (secondary N) is 1. The van der Waals surface area contributed by atoms with Crippen molar-refractivity contribution in [2.24, 2.45) is 0 Å². The molecule has 0 saturated carbocycles. The topological polar surface area (TPSA) is 48.7 Å². The summed E-state index contributed by atoms with van der Waals surface area (Å²) in [5, 5.41) is 11.3. The van der Waals surface area contributed by atoms with Gasteiger partial charge in [0.25, 0.3) is 0 Å². The Hall–Kier alpha value is -2.55. The van der Waals surface area contributed by atoms with Crippen LogP contribution in [0.15, 0.2) is 30.5 Å². The monoisotopic (exact) mass is 249 g/mol. The Balaban J connectivity index is 2.41. The maximum atomic E-state index is 13.4. The Bertz CT molecular complexity index is 635. The lowest BCUT2D eigenvalue weighted by atomic mass is 10.2. The Labute approximate surface area is 101 Å². The van der Waals surface area contributed by atoms with Crippen molar-refractivity contribution in [2.75, 3.05) is 5.32 Å². The van der Waals surface area contributed by atoms with Gasteiger partial charge in [-0.25, -0.2) is 18.2 Å². The van der Waals surface area contributed by atoms with Crippen LogP contribution < -0.4 is 5.32 Å². The van der Waals surface area contributed by atoms with Gasteiger partial charge in [0.15, 0.2) is 23.1 Å². The summed E-state index contributed by atoms with van der Waals surface area (Å²) in [5.74, 6) is -4.19. The van der Waals surface area contributed by atoms with Crippen molar-refractivity contribution in [2.45, 2.75) is 0 Å². The van der Waals surface area contributed by atoms with Crippen LogP contribution >= 0.6 is 0 Å². The highest BCUT2D eigenvalue weighted by atomic mass is 19.2. The predicted octanol–water partition coefficient (Wildman–Crippen LogP) is 3.11. The van der Waals surface area contributed by atoms with Gasteiger partial charge in [0.2, 0.25) is 0 Å². The molecule has 6 heteroatoms. The van der Waals surface area contributed by atoms with Crippen LogP contribution in [0.4, 0.5) is 24.5 Å². The first-order chi connectivity index (χ1) is 8.63. The zero-order valence-corrected chi connectivity index (χ0v) is 8.92. The second kappa shape index (κ2) is 4.75. The second-order valence-corrected chi connectivity index (χ2v) is 3.36. The minimum Gasteiger partial charge on any atom is -0.351 e. The molecule has 2 aromatic rings. The van der Waals surface area contributed by atoms with Gasteiger partial charge in [0, 0.05) is 6.20 Å². The molecule has 0 aliphatic carbocycles. The first kappa shape index (κ1) is 11.9. The van der Waals surface area contributed by atoms with Gasteiger partial charge in [-0.15, -0.1) is 0 Å². The quantitative estimate of drug-likeness (QED) is 0.832. The summed E-state index contributed by atoms with van der Waals surface area (Å²) in [6.45, 7) is 0. The molecule has 1 aromatic carbocycles. The summed E-state index contributed by atoms with van der Waals surface area (Å²) in [6.07, 6.45) is 1.39. The molecule has 0 atom stereocenters. The van der Waals surface area contributed by atoms with Gasteiger partial charge in [-0.3, -0.25) is 0 Å². The van der Waals surface area contributed by atoms with Crippen molar-refractivity contribution in [3.05, 3.63) is 53.6 Å². The number of nitriles is 1. The lowest BCUT2D eigenvalue weighted by Gasteiger charge is -2.08. The predicted molar refractivity (Wildman–Crippen MR) is 58.6 cm³/mol. The molecule has 0 radical (unpaired) electrons. The van der Waals surface area contributed by atoms with Crippen molar-refractivity contribution < 1.29 is 13.2 Å². The molecule has 3 nitrogen and oxygen atoms in total. The molecular formula is C12H6F3N3. The van der Waals surface area contributed by atoms with E-state index in [2.05, 4.69) is 10.3 Å². The van der Waals surface area contributed by atoms with Gasteiger partial charge in [0.1, 0.15) is 6.07 Å². The van der Waals surface area contributed by atoms with Crippen LogP contribution in [0.2, 0.25) is 0 Å². The van der Waals surface area contributed by atoms with E-state index in [-0.39, 0.29) is 17.1 Å². The van der Waals surface area contributed by atoms with Crippen molar-refractivity contribution in [3.8, 4) is 6.07 Å². The average molecular weight is 249 g/mol. The number of aromatic nitrogens is 1. The third kappa shape index (κ3) is 2.11. The van der Waals surface area contributed by atoms with E-state index in [4.69, 9.17) is 5.26 Å². The van der Waals surface area contributed by atoms with Crippen LogP contribution in [0.1, 0.15) is 5.69 Å². The van der Waals surface area contributed by atoms with E-state index in [1.165, 1.54) is 18.3 Å². The summed E-state index contributed by atoms with van der Waals surface area (Å²) in [7, 11) is 0. The molecule has 1 N–H and O–H groups in total. The van der Waals surface area contributed by atoms with Crippen molar-refractivity contribution >= 4 is 11.4 Å². The van der Waals surface area contributed by atoms with Crippen LogP contribution in [0, 0.1) is 28.8 Å². The summed E-state index contributed by atoms with van der Waals surface area (Å²) in [4.78, 5) is 3.75. The molecular weight excluding hydrogens is 243 g/mol. The summed E-state index contributed by atoms with van der Waals surface area (Å²) in [6, 6.07) is 6.64. The van der Waals surface area contributed by atoms with E-state index in [1.54, 1.807) is 6.07 Å². The van der Waals surface area contributed by atoms with E-state index in [1.807, 2.05) is 0 Å². The Morgan fingerprint density at radius 2 is 1.83 bits per heavy atom. The van der Waals surface area contributed by atoms with Gasteiger partial charge in [0.05, 0.1) is 11.4 Å². The van der Waals surface area contributed by atoms with E-state index >= 15 is 0 Å². The molecule has 18 heavy (non-hydrogen) atoms. The molecule has 0 aliphatic rings. The number of halogens is 3. The van der Waals surface area contributed by atoms with Crippen molar-refractivity contribution in [1.29, 1.82) is 5.26 Å². The molecule has 0 amide bonds. The van der Waals surface area contributed by atoms with Crippen LogP contribution in [0.3, 0.4) is 0 Å². The number of rotatable bonds is 2. The molecule has 2 rings (SSSR count). The maximum Gasteiger partial charge on any atom is 0.196 e. The highest BCUT2D eigenvalue weighted by molar-refractivity contribution is 5.64. The lowest BCUT2D eigenvalue weighted by molar-refractivity contribution is 0.449. The standard InChI is InChI=1S/C12H6F3N3/c13-7-3-4-9(12(15)11(7)14)18-8-2-1-5-17-10(8)6-16/h1-5,18H. The normalized spacial score (nSPS) is 9.89. The minimum atomic E-state index is -1.57. The van der Waals surface area contributed by atoms with Gasteiger partial charge in [-0.2, -0.15) is 5.26 Å². The van der Waals surface area contributed by atoms with Gasteiger partial charge >= 0.3 is 0 Å². The molecule has 1 heterocycles. The van der Waals surface area contributed by atoms with Crippen molar-refractivity contribution in [3.63, 3.8) is 0 Å². The highest BCUT2D eigenvalue weighted by Crippen LogP contribution is 2.24. The zero-order chi connectivity index (χ0) is 13.1. The number of hydrogen-bond donors (Lipinski definition) is 1. The fourth-order valence-electron chi connectivity index (χ4n) is 1.36.